The lowest BCUT2D eigenvalue weighted by atomic mass is 9.79. The van der Waals surface area contributed by atoms with E-state index in [1.54, 1.807) is 11.3 Å². The van der Waals surface area contributed by atoms with Crippen molar-refractivity contribution in [1.29, 1.82) is 0 Å². The number of nitrogens with zero attached hydrogens (tertiary/aromatic N) is 2. The monoisotopic (exact) mass is 306 g/mol. The highest BCUT2D eigenvalue weighted by atomic mass is 32.1. The van der Waals surface area contributed by atoms with Gasteiger partial charge in [-0.2, -0.15) is 11.3 Å². The standard InChI is InChI=1S/C15H18N2O3S/c18-14(19)9-15(4-1-2-5-15)8-13-17-16-12(20-13)7-11-3-6-21-10-11/h3,6,10H,1-2,4-5,7-9H2,(H,18,19). The second-order valence-electron chi connectivity index (χ2n) is 5.85. The van der Waals surface area contributed by atoms with Gasteiger partial charge in [0.25, 0.3) is 0 Å². The molecule has 1 fully saturated rings. The molecule has 0 bridgehead atoms. The summed E-state index contributed by atoms with van der Waals surface area (Å²) < 4.78 is 5.71. The first-order valence-electron chi connectivity index (χ1n) is 7.19. The van der Waals surface area contributed by atoms with E-state index in [2.05, 4.69) is 15.6 Å². The smallest absolute Gasteiger partial charge is 0.303 e. The summed E-state index contributed by atoms with van der Waals surface area (Å²) in [5.41, 5.74) is 0.967. The van der Waals surface area contributed by atoms with E-state index in [1.165, 1.54) is 0 Å². The number of thiophene rings is 1. The summed E-state index contributed by atoms with van der Waals surface area (Å²) in [5, 5.41) is 21.4. The Balaban J connectivity index is 1.69. The Kier molecular flexibility index (Phi) is 4.05. The first-order chi connectivity index (χ1) is 10.2. The molecule has 2 aromatic rings. The lowest BCUT2D eigenvalue weighted by molar-refractivity contribution is -0.139. The quantitative estimate of drug-likeness (QED) is 0.886. The van der Waals surface area contributed by atoms with E-state index < -0.39 is 5.97 Å². The summed E-state index contributed by atoms with van der Waals surface area (Å²) in [6.45, 7) is 0. The Hall–Kier alpha value is -1.69. The maximum absolute atomic E-state index is 11.1. The zero-order valence-corrected chi connectivity index (χ0v) is 12.6. The van der Waals surface area contributed by atoms with E-state index in [0.29, 0.717) is 24.6 Å². The zero-order chi connectivity index (χ0) is 14.7. The number of carboxylic acids is 1. The predicted octanol–water partition coefficient (Wildman–Crippen LogP) is 3.30. The number of carboxylic acid groups (broad SMARTS) is 1. The second kappa shape index (κ2) is 5.97. The summed E-state index contributed by atoms with van der Waals surface area (Å²) in [6.07, 6.45) is 5.45. The fourth-order valence-electron chi connectivity index (χ4n) is 3.18. The van der Waals surface area contributed by atoms with Crippen molar-refractivity contribution in [3.05, 3.63) is 34.2 Å². The van der Waals surface area contributed by atoms with Gasteiger partial charge in [-0.3, -0.25) is 4.79 Å². The van der Waals surface area contributed by atoms with Crippen LogP contribution in [0, 0.1) is 5.41 Å². The summed E-state index contributed by atoms with van der Waals surface area (Å²) in [6, 6.07) is 2.04. The van der Waals surface area contributed by atoms with Gasteiger partial charge >= 0.3 is 5.97 Å². The van der Waals surface area contributed by atoms with Gasteiger partial charge in [0, 0.05) is 6.42 Å². The molecule has 2 aromatic heterocycles. The Bertz CT molecular complexity index is 600. The highest BCUT2D eigenvalue weighted by Gasteiger charge is 2.37. The molecule has 0 aliphatic heterocycles. The largest absolute Gasteiger partial charge is 0.481 e. The molecule has 0 saturated heterocycles. The van der Waals surface area contributed by atoms with Gasteiger partial charge in [0.2, 0.25) is 11.8 Å². The molecule has 0 amide bonds. The van der Waals surface area contributed by atoms with Crippen LogP contribution in [0.4, 0.5) is 0 Å². The second-order valence-corrected chi connectivity index (χ2v) is 6.63. The average molecular weight is 306 g/mol. The van der Waals surface area contributed by atoms with E-state index in [4.69, 9.17) is 9.52 Å². The van der Waals surface area contributed by atoms with Gasteiger partial charge in [-0.1, -0.05) is 12.8 Å². The van der Waals surface area contributed by atoms with Crippen LogP contribution < -0.4 is 0 Å². The molecule has 112 valence electrons. The van der Waals surface area contributed by atoms with Gasteiger partial charge in [0.1, 0.15) is 0 Å². The number of carbonyl (C=O) groups is 1. The Morgan fingerprint density at radius 1 is 1.33 bits per heavy atom. The Morgan fingerprint density at radius 2 is 2.10 bits per heavy atom. The maximum Gasteiger partial charge on any atom is 0.303 e. The number of hydrogen-bond donors (Lipinski definition) is 1. The number of rotatable bonds is 6. The molecule has 0 unspecified atom stereocenters. The molecule has 2 heterocycles. The van der Waals surface area contributed by atoms with Crippen LogP contribution >= 0.6 is 11.3 Å². The van der Waals surface area contributed by atoms with Gasteiger partial charge in [0.05, 0.1) is 12.8 Å². The molecule has 1 aliphatic rings. The normalized spacial score (nSPS) is 17.1. The fraction of sp³-hybridized carbons (Fsp3) is 0.533. The third-order valence-electron chi connectivity index (χ3n) is 4.16. The minimum atomic E-state index is -0.741. The van der Waals surface area contributed by atoms with Gasteiger partial charge in [-0.25, -0.2) is 0 Å². The van der Waals surface area contributed by atoms with Crippen molar-refractivity contribution in [2.45, 2.75) is 44.9 Å². The van der Waals surface area contributed by atoms with Gasteiger partial charge in [0.15, 0.2) is 0 Å². The molecule has 0 atom stereocenters. The van der Waals surface area contributed by atoms with Crippen LogP contribution in [0.25, 0.3) is 0 Å². The number of hydrogen-bond acceptors (Lipinski definition) is 5. The molecule has 1 saturated carbocycles. The molecule has 1 N–H and O–H groups in total. The van der Waals surface area contributed by atoms with Gasteiger partial charge < -0.3 is 9.52 Å². The van der Waals surface area contributed by atoms with Crippen molar-refractivity contribution in [1.82, 2.24) is 10.2 Å². The minimum Gasteiger partial charge on any atom is -0.481 e. The maximum atomic E-state index is 11.1. The molecule has 1 aliphatic carbocycles. The van der Waals surface area contributed by atoms with Crippen molar-refractivity contribution in [3.63, 3.8) is 0 Å². The molecule has 0 spiro atoms. The van der Waals surface area contributed by atoms with Crippen LogP contribution in [0.3, 0.4) is 0 Å². The molecule has 3 rings (SSSR count). The summed E-state index contributed by atoms with van der Waals surface area (Å²) in [4.78, 5) is 11.1. The predicted molar refractivity (Wildman–Crippen MR) is 78.3 cm³/mol. The number of aromatic nitrogens is 2. The fourth-order valence-corrected chi connectivity index (χ4v) is 3.85. The topological polar surface area (TPSA) is 76.2 Å². The van der Waals surface area contributed by atoms with Crippen molar-refractivity contribution in [3.8, 4) is 0 Å². The van der Waals surface area contributed by atoms with Gasteiger partial charge in [-0.15, -0.1) is 10.2 Å². The Labute approximate surface area is 127 Å². The zero-order valence-electron chi connectivity index (χ0n) is 11.7. The van der Waals surface area contributed by atoms with Crippen molar-refractivity contribution in [2.75, 3.05) is 0 Å². The SMILES string of the molecule is O=C(O)CC1(Cc2nnc(Cc3ccsc3)o2)CCCC1. The lowest BCUT2D eigenvalue weighted by Crippen LogP contribution is -2.23. The summed E-state index contributed by atoms with van der Waals surface area (Å²) >= 11 is 1.64. The Morgan fingerprint density at radius 3 is 2.76 bits per heavy atom. The third kappa shape index (κ3) is 3.50. The molecule has 0 radical (unpaired) electrons. The van der Waals surface area contributed by atoms with E-state index >= 15 is 0 Å². The van der Waals surface area contributed by atoms with Crippen LogP contribution in [0.1, 0.15) is 49.4 Å². The van der Waals surface area contributed by atoms with Gasteiger partial charge in [-0.05, 0) is 40.6 Å². The highest BCUT2D eigenvalue weighted by Crippen LogP contribution is 2.43. The van der Waals surface area contributed by atoms with E-state index in [1.807, 2.05) is 11.4 Å². The molecule has 21 heavy (non-hydrogen) atoms. The number of aliphatic carboxylic acids is 1. The molecule has 6 heteroatoms. The molecular formula is C15H18N2O3S. The van der Waals surface area contributed by atoms with Crippen LogP contribution in [-0.2, 0) is 17.6 Å². The van der Waals surface area contributed by atoms with E-state index in [-0.39, 0.29) is 11.8 Å². The van der Waals surface area contributed by atoms with Crippen molar-refractivity contribution >= 4 is 17.3 Å². The summed E-state index contributed by atoms with van der Waals surface area (Å²) in [5.74, 6) is 0.435. The van der Waals surface area contributed by atoms with E-state index in [0.717, 1.165) is 31.2 Å². The van der Waals surface area contributed by atoms with Crippen molar-refractivity contribution < 1.29 is 14.3 Å². The lowest BCUT2D eigenvalue weighted by Gasteiger charge is -2.24. The molecule has 5 nitrogen and oxygen atoms in total. The summed E-state index contributed by atoms with van der Waals surface area (Å²) in [7, 11) is 0. The first-order valence-corrected chi connectivity index (χ1v) is 8.14. The van der Waals surface area contributed by atoms with Crippen LogP contribution in [0.5, 0.6) is 0 Å². The highest BCUT2D eigenvalue weighted by molar-refractivity contribution is 7.07. The van der Waals surface area contributed by atoms with Crippen LogP contribution in [-0.4, -0.2) is 21.3 Å². The minimum absolute atomic E-state index is 0.190. The first kappa shape index (κ1) is 14.3. The molecule has 0 aromatic carbocycles. The van der Waals surface area contributed by atoms with Crippen LogP contribution in [0.2, 0.25) is 0 Å². The van der Waals surface area contributed by atoms with Crippen molar-refractivity contribution in [2.24, 2.45) is 5.41 Å². The molecular weight excluding hydrogens is 288 g/mol. The van der Waals surface area contributed by atoms with E-state index in [9.17, 15) is 4.79 Å². The van der Waals surface area contributed by atoms with Crippen LogP contribution in [0.15, 0.2) is 21.2 Å². The average Bonchev–Trinajstić information content (AvgIpc) is 3.13. The third-order valence-corrected chi connectivity index (χ3v) is 4.89.